The number of ether oxygens (including phenoxy) is 5. The fourth-order valence-corrected chi connectivity index (χ4v) is 8.36. The number of halogens is 1. The van der Waals surface area contributed by atoms with Crippen molar-refractivity contribution in [2.24, 2.45) is 13.0 Å². The number of carbonyl (C=O) groups is 5. The van der Waals surface area contributed by atoms with E-state index < -0.39 is 29.7 Å². The summed E-state index contributed by atoms with van der Waals surface area (Å²) in [6.45, 7) is 4.25. The molecule has 3 aromatic heterocycles. The van der Waals surface area contributed by atoms with E-state index in [1.807, 2.05) is 24.4 Å². The van der Waals surface area contributed by atoms with Gasteiger partial charge in [-0.25, -0.2) is 9.67 Å². The van der Waals surface area contributed by atoms with E-state index in [1.165, 1.54) is 23.7 Å². The summed E-state index contributed by atoms with van der Waals surface area (Å²) in [6.07, 6.45) is 6.34. The van der Waals surface area contributed by atoms with Crippen LogP contribution in [0.25, 0.3) is 10.9 Å². The molecule has 6 heterocycles. The van der Waals surface area contributed by atoms with Crippen molar-refractivity contribution in [2.45, 2.75) is 44.7 Å². The van der Waals surface area contributed by atoms with E-state index >= 15 is 0 Å². The maximum atomic E-state index is 13.0. The molecule has 3 aliphatic rings. The predicted molar refractivity (Wildman–Crippen MR) is 249 cm³/mol. The quantitative estimate of drug-likeness (QED) is 0.0665. The van der Waals surface area contributed by atoms with Crippen LogP contribution < -0.4 is 35.9 Å². The fraction of sp³-hybridized carbons (Fsp3) is 0.435. The third kappa shape index (κ3) is 11.8. The first kappa shape index (κ1) is 48.4. The number of carbonyl (C=O) groups excluding carboxylic acids is 5. The van der Waals surface area contributed by atoms with Gasteiger partial charge in [-0.1, -0.05) is 16.8 Å². The average Bonchev–Trinajstić information content (AvgIpc) is 3.90. The molecule has 0 saturated carbocycles. The summed E-state index contributed by atoms with van der Waals surface area (Å²) in [7, 11) is 3.15. The van der Waals surface area contributed by atoms with Gasteiger partial charge in [-0.15, -0.1) is 5.10 Å². The van der Waals surface area contributed by atoms with E-state index in [4.69, 9.17) is 40.3 Å². The maximum Gasteiger partial charge on any atom is 0.293 e. The zero-order chi connectivity index (χ0) is 48.4. The van der Waals surface area contributed by atoms with Crippen LogP contribution in [-0.4, -0.2) is 143 Å². The van der Waals surface area contributed by atoms with E-state index in [1.54, 1.807) is 30.1 Å². The molecule has 69 heavy (non-hydrogen) atoms. The molecule has 23 heteroatoms. The molecule has 0 radical (unpaired) electrons. The molecule has 2 aromatic carbocycles. The number of imide groups is 2. The molecule has 8 rings (SSSR count). The van der Waals surface area contributed by atoms with Crippen molar-refractivity contribution >= 4 is 69.5 Å². The minimum absolute atomic E-state index is 0.0515. The Morgan fingerprint density at radius 3 is 2.36 bits per heavy atom. The van der Waals surface area contributed by atoms with Gasteiger partial charge < -0.3 is 43.8 Å². The van der Waals surface area contributed by atoms with Gasteiger partial charge >= 0.3 is 0 Å². The summed E-state index contributed by atoms with van der Waals surface area (Å²) in [5.74, 6) is -0.714. The van der Waals surface area contributed by atoms with Crippen molar-refractivity contribution in [3.8, 4) is 11.5 Å². The van der Waals surface area contributed by atoms with Gasteiger partial charge in [0.1, 0.15) is 23.4 Å². The van der Waals surface area contributed by atoms with Gasteiger partial charge in [-0.05, 0) is 74.1 Å². The summed E-state index contributed by atoms with van der Waals surface area (Å²) in [4.78, 5) is 86.5. The second-order valence-electron chi connectivity index (χ2n) is 16.5. The second kappa shape index (κ2) is 22.4. The van der Waals surface area contributed by atoms with Crippen molar-refractivity contribution in [2.75, 3.05) is 83.2 Å². The summed E-state index contributed by atoms with van der Waals surface area (Å²) >= 11 is 6.54. The van der Waals surface area contributed by atoms with Crippen molar-refractivity contribution in [3.63, 3.8) is 0 Å². The third-order valence-corrected chi connectivity index (χ3v) is 12.2. The Balaban J connectivity index is 0.683. The lowest BCUT2D eigenvalue weighted by Gasteiger charge is -2.31. The number of hydrogen-bond donors (Lipinski definition) is 3. The highest BCUT2D eigenvalue weighted by molar-refractivity contribution is 6.33. The van der Waals surface area contributed by atoms with Gasteiger partial charge in [0, 0.05) is 50.9 Å². The summed E-state index contributed by atoms with van der Waals surface area (Å²) < 4.78 is 31.4. The molecule has 3 N–H and O–H groups in total. The number of aryl methyl sites for hydroxylation is 1. The number of anilines is 3. The van der Waals surface area contributed by atoms with Crippen LogP contribution in [0.2, 0.25) is 5.02 Å². The molecule has 5 aromatic rings. The van der Waals surface area contributed by atoms with Crippen LogP contribution >= 0.6 is 11.6 Å². The first-order chi connectivity index (χ1) is 33.4. The zero-order valence-corrected chi connectivity index (χ0v) is 38.9. The average molecular weight is 970 g/mol. The number of piperidine rings is 2. The number of likely N-dealkylation sites (N-methyl/N-ethyl adjacent to an activating group) is 1. The smallest absolute Gasteiger partial charge is 0.293 e. The van der Waals surface area contributed by atoms with Crippen molar-refractivity contribution in [3.05, 3.63) is 87.1 Å². The molecule has 5 amide bonds. The van der Waals surface area contributed by atoms with Crippen molar-refractivity contribution in [1.29, 1.82) is 0 Å². The lowest BCUT2D eigenvalue weighted by atomic mass is 9.92. The lowest BCUT2D eigenvalue weighted by molar-refractivity contribution is -0.136. The zero-order valence-electron chi connectivity index (χ0n) is 38.1. The number of nitrogens with zero attached hydrogens (tertiary/aromatic N) is 8. The number of aromatic nitrogens is 6. The largest absolute Gasteiger partial charge is 0.491 e. The van der Waals surface area contributed by atoms with E-state index in [2.05, 4.69) is 36.1 Å². The molecule has 1 unspecified atom stereocenters. The Labute approximate surface area is 400 Å². The van der Waals surface area contributed by atoms with Crippen molar-refractivity contribution in [1.82, 2.24) is 45.1 Å². The molecule has 1 atom stereocenters. The monoisotopic (exact) mass is 969 g/mol. The number of hydrogen-bond acceptors (Lipinski definition) is 17. The molecule has 2 fully saturated rings. The number of pyridine rings is 1. The van der Waals surface area contributed by atoms with Crippen LogP contribution in [0.4, 0.5) is 17.5 Å². The van der Waals surface area contributed by atoms with Crippen molar-refractivity contribution < 1.29 is 47.7 Å². The van der Waals surface area contributed by atoms with Crippen LogP contribution in [0.1, 0.15) is 52.1 Å². The van der Waals surface area contributed by atoms with E-state index in [9.17, 15) is 28.8 Å². The topological polar surface area (TPSA) is 253 Å². The van der Waals surface area contributed by atoms with Gasteiger partial charge in [0.25, 0.3) is 23.3 Å². The number of benzene rings is 2. The standard InChI is InChI=1S/C46H52ClN11O11/c1-48-40(60)27-69-38-23-29-22-30(3-6-36(29)55(2)45(38)64)50-41-35(47)25-49-46(52-41)56-11-9-28(10-12-56)21-31-26-57(54-53-31)13-14-65-15-16-66-17-18-67-19-20-68-32-4-5-33-34(24-32)44(63)58(43(33)62)37-7-8-39(59)51-42(37)61/h3-6,22-26,28,37H,7-21,27H2,1-2H3,(H,48,60)(H,49,50,52)(H,51,59,61). The normalized spacial score (nSPS) is 16.2. The highest BCUT2D eigenvalue weighted by Crippen LogP contribution is 2.32. The van der Waals surface area contributed by atoms with Gasteiger partial charge in [0.05, 0.1) is 74.7 Å². The van der Waals surface area contributed by atoms with Gasteiger partial charge in [-0.3, -0.25) is 39.0 Å². The van der Waals surface area contributed by atoms with E-state index in [0.29, 0.717) is 79.2 Å². The first-order valence-electron chi connectivity index (χ1n) is 22.6. The third-order valence-electron chi connectivity index (χ3n) is 11.9. The Morgan fingerprint density at radius 2 is 1.61 bits per heavy atom. The molecular formula is C46H52ClN11O11. The predicted octanol–water partition coefficient (Wildman–Crippen LogP) is 2.43. The molecule has 0 spiro atoms. The van der Waals surface area contributed by atoms with Crippen LogP contribution in [0.5, 0.6) is 11.5 Å². The fourth-order valence-electron chi connectivity index (χ4n) is 8.22. The molecule has 3 aliphatic heterocycles. The molecule has 364 valence electrons. The second-order valence-corrected chi connectivity index (χ2v) is 17.0. The number of amides is 5. The minimum atomic E-state index is -1.03. The lowest BCUT2D eigenvalue weighted by Crippen LogP contribution is -2.54. The van der Waals surface area contributed by atoms with Crippen LogP contribution in [-0.2, 0) is 48.6 Å². The Hall–Kier alpha value is -7.01. The minimum Gasteiger partial charge on any atom is -0.491 e. The number of rotatable bonds is 22. The van der Waals surface area contributed by atoms with Gasteiger partial charge in [-0.2, -0.15) is 4.98 Å². The molecule has 2 saturated heterocycles. The highest BCUT2D eigenvalue weighted by Gasteiger charge is 2.44. The SMILES string of the molecule is CNC(=O)COc1cc2cc(Nc3nc(N4CCC(Cc5cn(CCOCCOCCOCCOc6ccc7c(c6)C(=O)N(C6CCC(=O)NC6=O)C7=O)nn5)CC4)ncc3Cl)ccc2n(C)c1=O. The van der Waals surface area contributed by atoms with Gasteiger partial charge in [0.2, 0.25) is 17.8 Å². The number of nitrogens with one attached hydrogen (secondary N) is 3. The molecule has 22 nitrogen and oxygen atoms in total. The Bertz CT molecular complexity index is 2780. The van der Waals surface area contributed by atoms with Crippen LogP contribution in [0.3, 0.4) is 0 Å². The van der Waals surface area contributed by atoms with E-state index in [-0.39, 0.29) is 61.0 Å². The maximum absolute atomic E-state index is 13.0. The number of fused-ring (bicyclic) bond motifs is 2. The molecular weight excluding hydrogens is 918 g/mol. The summed E-state index contributed by atoms with van der Waals surface area (Å²) in [5, 5.41) is 17.7. The highest BCUT2D eigenvalue weighted by atomic mass is 35.5. The molecule has 0 bridgehead atoms. The van der Waals surface area contributed by atoms with Crippen LogP contribution in [0, 0.1) is 5.92 Å². The summed E-state index contributed by atoms with van der Waals surface area (Å²) in [6, 6.07) is 10.6. The van der Waals surface area contributed by atoms with E-state index in [0.717, 1.165) is 48.3 Å². The Morgan fingerprint density at radius 1 is 0.870 bits per heavy atom. The summed E-state index contributed by atoms with van der Waals surface area (Å²) in [5.41, 5.74) is 2.29. The van der Waals surface area contributed by atoms with Crippen LogP contribution in [0.15, 0.2) is 59.7 Å². The Kier molecular flexibility index (Phi) is 15.7. The first-order valence-corrected chi connectivity index (χ1v) is 23.0. The van der Waals surface area contributed by atoms with Gasteiger partial charge in [0.15, 0.2) is 18.2 Å². The molecule has 0 aliphatic carbocycles.